The van der Waals surface area contributed by atoms with Gasteiger partial charge in [0, 0.05) is 0 Å². The molecule has 3 rings (SSSR count). The van der Waals surface area contributed by atoms with Gasteiger partial charge in [-0.05, 0) is 36.8 Å². The Morgan fingerprint density at radius 2 is 1.67 bits per heavy atom. The fourth-order valence-electron chi connectivity index (χ4n) is 2.16. The highest BCUT2D eigenvalue weighted by Crippen LogP contribution is 2.26. The van der Waals surface area contributed by atoms with Crippen LogP contribution in [0.25, 0.3) is 16.8 Å². The maximum Gasteiger partial charge on any atom is 0.224 e. The first-order chi connectivity index (χ1) is 10.2. The second-order valence-corrected chi connectivity index (χ2v) is 4.82. The van der Waals surface area contributed by atoms with E-state index in [0.29, 0.717) is 11.3 Å². The van der Waals surface area contributed by atoms with E-state index in [2.05, 4.69) is 5.10 Å². The van der Waals surface area contributed by atoms with Crippen LogP contribution in [0.3, 0.4) is 0 Å². The Morgan fingerprint density at radius 1 is 1.00 bits per heavy atom. The monoisotopic (exact) mass is 282 g/mol. The summed E-state index contributed by atoms with van der Waals surface area (Å²) in [5, 5.41) is 4.15. The van der Waals surface area contributed by atoms with Crippen molar-refractivity contribution < 1.29 is 9.13 Å². The zero-order valence-corrected chi connectivity index (χ0v) is 11.9. The van der Waals surface area contributed by atoms with Crippen molar-refractivity contribution in [2.75, 3.05) is 7.11 Å². The van der Waals surface area contributed by atoms with Crippen LogP contribution in [0.15, 0.2) is 54.7 Å². The molecule has 1 heterocycles. The molecule has 0 aliphatic heterocycles. The average molecular weight is 282 g/mol. The molecule has 0 spiro atoms. The Bertz CT molecular complexity index is 745. The molecular weight excluding hydrogens is 267 g/mol. The predicted octanol–water partition coefficient (Wildman–Crippen LogP) is 4.00. The highest BCUT2D eigenvalue weighted by atomic mass is 19.1. The van der Waals surface area contributed by atoms with Gasteiger partial charge in [-0.1, -0.05) is 29.8 Å². The van der Waals surface area contributed by atoms with Gasteiger partial charge in [0.2, 0.25) is 5.95 Å². The van der Waals surface area contributed by atoms with Crippen molar-refractivity contribution in [3.8, 4) is 22.6 Å². The van der Waals surface area contributed by atoms with Gasteiger partial charge in [0.25, 0.3) is 0 Å². The van der Waals surface area contributed by atoms with E-state index in [1.54, 1.807) is 19.2 Å². The molecule has 21 heavy (non-hydrogen) atoms. The van der Waals surface area contributed by atoms with Gasteiger partial charge < -0.3 is 4.74 Å². The smallest absolute Gasteiger partial charge is 0.224 e. The summed E-state index contributed by atoms with van der Waals surface area (Å²) >= 11 is 0. The Kier molecular flexibility index (Phi) is 3.44. The summed E-state index contributed by atoms with van der Waals surface area (Å²) in [6.07, 6.45) is 1.54. The van der Waals surface area contributed by atoms with Crippen molar-refractivity contribution in [3.63, 3.8) is 0 Å². The van der Waals surface area contributed by atoms with E-state index in [9.17, 15) is 4.39 Å². The third kappa shape index (κ3) is 2.52. The number of hydrogen-bond acceptors (Lipinski definition) is 2. The highest BCUT2D eigenvalue weighted by Gasteiger charge is 2.13. The number of methoxy groups -OCH3 is 1. The van der Waals surface area contributed by atoms with Gasteiger partial charge in [-0.25, -0.2) is 4.68 Å². The maximum atomic E-state index is 14.6. The number of ether oxygens (including phenoxy) is 1. The molecule has 3 aromatic rings. The molecule has 0 atom stereocenters. The van der Waals surface area contributed by atoms with Crippen LogP contribution in [0.4, 0.5) is 4.39 Å². The molecule has 0 fully saturated rings. The minimum Gasteiger partial charge on any atom is -0.497 e. The van der Waals surface area contributed by atoms with Crippen LogP contribution in [-0.4, -0.2) is 16.9 Å². The average Bonchev–Trinajstić information content (AvgIpc) is 2.90. The van der Waals surface area contributed by atoms with E-state index in [1.807, 2.05) is 43.3 Å². The van der Waals surface area contributed by atoms with Gasteiger partial charge in [0.15, 0.2) is 0 Å². The van der Waals surface area contributed by atoms with Gasteiger partial charge >= 0.3 is 0 Å². The summed E-state index contributed by atoms with van der Waals surface area (Å²) in [5.41, 5.74) is 3.07. The summed E-state index contributed by atoms with van der Waals surface area (Å²) < 4.78 is 21.0. The first-order valence-electron chi connectivity index (χ1n) is 6.64. The summed E-state index contributed by atoms with van der Waals surface area (Å²) in [5.74, 6) is 0.370. The quantitative estimate of drug-likeness (QED) is 0.726. The molecule has 0 saturated carbocycles. The minimum absolute atomic E-state index is 0.371. The number of rotatable bonds is 3. The predicted molar refractivity (Wildman–Crippen MR) is 80.2 cm³/mol. The normalized spacial score (nSPS) is 10.6. The van der Waals surface area contributed by atoms with Crippen LogP contribution in [-0.2, 0) is 0 Å². The molecule has 0 saturated heterocycles. The van der Waals surface area contributed by atoms with Gasteiger partial charge in [0.1, 0.15) is 5.75 Å². The fraction of sp³-hybridized carbons (Fsp3) is 0.118. The Hall–Kier alpha value is -2.62. The molecule has 0 radical (unpaired) electrons. The molecule has 0 aliphatic rings. The number of nitrogens with zero attached hydrogens (tertiary/aromatic N) is 2. The van der Waals surface area contributed by atoms with E-state index in [-0.39, 0.29) is 5.95 Å². The van der Waals surface area contributed by atoms with Crippen LogP contribution in [0.1, 0.15) is 5.56 Å². The lowest BCUT2D eigenvalue weighted by Crippen LogP contribution is -1.99. The molecule has 0 amide bonds. The van der Waals surface area contributed by atoms with E-state index < -0.39 is 0 Å². The molecule has 106 valence electrons. The maximum absolute atomic E-state index is 14.6. The number of halogens is 1. The van der Waals surface area contributed by atoms with E-state index >= 15 is 0 Å². The van der Waals surface area contributed by atoms with Crippen LogP contribution in [0.2, 0.25) is 0 Å². The molecule has 1 aromatic heterocycles. The number of aryl methyl sites for hydroxylation is 1. The van der Waals surface area contributed by atoms with Crippen LogP contribution in [0, 0.1) is 12.9 Å². The summed E-state index contributed by atoms with van der Waals surface area (Å²) in [4.78, 5) is 0. The highest BCUT2D eigenvalue weighted by molar-refractivity contribution is 5.64. The van der Waals surface area contributed by atoms with Crippen LogP contribution >= 0.6 is 0 Å². The molecule has 0 aliphatic carbocycles. The summed E-state index contributed by atoms with van der Waals surface area (Å²) in [6, 6.07) is 14.8. The summed E-state index contributed by atoms with van der Waals surface area (Å²) in [6.45, 7) is 1.99. The van der Waals surface area contributed by atoms with Gasteiger partial charge in [-0.3, -0.25) is 0 Å². The third-order valence-corrected chi connectivity index (χ3v) is 3.39. The molecule has 0 unspecified atom stereocenters. The van der Waals surface area contributed by atoms with Gasteiger partial charge in [-0.2, -0.15) is 9.49 Å². The number of hydrogen-bond donors (Lipinski definition) is 0. The molecule has 3 nitrogen and oxygen atoms in total. The van der Waals surface area contributed by atoms with E-state index in [4.69, 9.17) is 4.74 Å². The van der Waals surface area contributed by atoms with E-state index in [0.717, 1.165) is 16.9 Å². The second kappa shape index (κ2) is 5.40. The second-order valence-electron chi connectivity index (χ2n) is 4.82. The van der Waals surface area contributed by atoms with Crippen molar-refractivity contribution in [2.45, 2.75) is 6.92 Å². The molecular formula is C17H15FN2O. The Labute approximate surface area is 122 Å². The van der Waals surface area contributed by atoms with Crippen LogP contribution < -0.4 is 4.74 Å². The van der Waals surface area contributed by atoms with E-state index in [1.165, 1.54) is 10.9 Å². The van der Waals surface area contributed by atoms with Crippen molar-refractivity contribution in [1.82, 2.24) is 9.78 Å². The third-order valence-electron chi connectivity index (χ3n) is 3.39. The molecule has 4 heteroatoms. The first kappa shape index (κ1) is 13.4. The van der Waals surface area contributed by atoms with Gasteiger partial charge in [-0.15, -0.1) is 0 Å². The zero-order valence-electron chi connectivity index (χ0n) is 11.9. The first-order valence-corrected chi connectivity index (χ1v) is 6.64. The number of aromatic nitrogens is 2. The fourth-order valence-corrected chi connectivity index (χ4v) is 2.16. The lowest BCUT2D eigenvalue weighted by Gasteiger charge is -2.04. The van der Waals surface area contributed by atoms with Crippen molar-refractivity contribution in [1.29, 1.82) is 0 Å². The zero-order chi connectivity index (χ0) is 14.8. The lowest BCUT2D eigenvalue weighted by atomic mass is 10.1. The topological polar surface area (TPSA) is 27.1 Å². The summed E-state index contributed by atoms with van der Waals surface area (Å²) in [7, 11) is 1.60. The van der Waals surface area contributed by atoms with Crippen molar-refractivity contribution >= 4 is 0 Å². The van der Waals surface area contributed by atoms with Crippen molar-refractivity contribution in [2.24, 2.45) is 0 Å². The van der Waals surface area contributed by atoms with Gasteiger partial charge in [0.05, 0.1) is 24.6 Å². The molecule has 0 bridgehead atoms. The SMILES string of the molecule is COc1ccc(-c2cnn(-c3ccc(C)cc3)c2F)cc1. The Balaban J connectivity index is 2.00. The largest absolute Gasteiger partial charge is 0.497 e. The standard InChI is InChI=1S/C17H15FN2O/c1-12-3-7-14(8-4-12)20-17(18)16(11-19-20)13-5-9-15(21-2)10-6-13/h3-11H,1-2H3. The Morgan fingerprint density at radius 3 is 2.29 bits per heavy atom. The van der Waals surface area contributed by atoms with Crippen molar-refractivity contribution in [3.05, 3.63) is 66.2 Å². The minimum atomic E-state index is -0.371. The lowest BCUT2D eigenvalue weighted by molar-refractivity contribution is 0.415. The molecule has 2 aromatic carbocycles. The van der Waals surface area contributed by atoms with Crippen LogP contribution in [0.5, 0.6) is 5.75 Å². The molecule has 0 N–H and O–H groups in total. The number of benzene rings is 2.